The van der Waals surface area contributed by atoms with Crippen molar-refractivity contribution >= 4 is 13.1 Å². The summed E-state index contributed by atoms with van der Waals surface area (Å²) < 4.78 is 0. The van der Waals surface area contributed by atoms with Gasteiger partial charge in [-0.15, -0.1) is 0 Å². The van der Waals surface area contributed by atoms with E-state index in [4.69, 9.17) is 0 Å². The monoisotopic (exact) mass is 97.1 g/mol. The molecule has 0 amide bonds. The summed E-state index contributed by atoms with van der Waals surface area (Å²) in [7, 11) is 3.75. The molecule has 1 N–H and O–H groups in total. The molecule has 2 heteroatoms. The molecule has 0 aliphatic heterocycles. The first-order chi connectivity index (χ1) is 3.31. The summed E-state index contributed by atoms with van der Waals surface area (Å²) in [6.45, 7) is 5.15. The minimum atomic E-state index is 0.993. The molecular weight excluding hydrogens is 84.9 g/mol. The molecule has 0 spiro atoms. The predicted octanol–water partition coefficient (Wildman–Crippen LogP) is 0.0366. The normalized spacial score (nSPS) is 8.14. The van der Waals surface area contributed by atoms with Gasteiger partial charge in [0.1, 0.15) is 0 Å². The van der Waals surface area contributed by atoms with Crippen LogP contribution in [0.2, 0.25) is 0 Å². The second kappa shape index (κ2) is 3.91. The van der Waals surface area contributed by atoms with Gasteiger partial charge in [-0.25, -0.2) is 0 Å². The zero-order chi connectivity index (χ0) is 5.70. The zero-order valence-electron chi connectivity index (χ0n) is 5.12. The molecule has 7 heavy (non-hydrogen) atoms. The Labute approximate surface area is 46.2 Å². The van der Waals surface area contributed by atoms with E-state index in [9.17, 15) is 0 Å². The minimum absolute atomic E-state index is 0.993. The van der Waals surface area contributed by atoms with E-state index in [1.54, 1.807) is 0 Å². The second-order valence-corrected chi connectivity index (χ2v) is 1.49. The van der Waals surface area contributed by atoms with Gasteiger partial charge in [-0.05, 0) is 0 Å². The van der Waals surface area contributed by atoms with Crippen LogP contribution in [0.25, 0.3) is 0 Å². The van der Waals surface area contributed by atoms with Gasteiger partial charge in [0.25, 0.3) is 0 Å². The van der Waals surface area contributed by atoms with Crippen LogP contribution in [0.1, 0.15) is 20.3 Å². The Bertz CT molecular complexity index is 61.1. The fourth-order valence-electron chi connectivity index (χ4n) is 0.375. The van der Waals surface area contributed by atoms with E-state index in [0.29, 0.717) is 0 Å². The summed E-state index contributed by atoms with van der Waals surface area (Å²) in [4.78, 5) is 0. The number of hydrogen-bond donors (Lipinski definition) is 1. The Morgan fingerprint density at radius 1 is 1.57 bits per heavy atom. The van der Waals surface area contributed by atoms with E-state index in [1.807, 2.05) is 0 Å². The van der Waals surface area contributed by atoms with Crippen LogP contribution in [-0.4, -0.2) is 19.6 Å². The van der Waals surface area contributed by atoms with Crippen molar-refractivity contribution < 1.29 is 0 Å². The first-order valence-corrected chi connectivity index (χ1v) is 2.72. The molecule has 0 radical (unpaired) electrons. The van der Waals surface area contributed by atoms with Crippen LogP contribution in [0.3, 0.4) is 0 Å². The molecule has 0 rings (SSSR count). The van der Waals surface area contributed by atoms with Gasteiger partial charge in [0.2, 0.25) is 0 Å². The molecule has 1 nitrogen and oxygen atoms in total. The van der Waals surface area contributed by atoms with Gasteiger partial charge in [-0.2, -0.15) is 0 Å². The molecule has 0 fully saturated rings. The quantitative estimate of drug-likeness (QED) is 0.490. The molecule has 0 aliphatic rings. The molecule has 0 aromatic carbocycles. The molecule has 0 aliphatic carbocycles. The average Bonchev–Trinajstić information content (AvgIpc) is 1.68. The molecule has 40 valence electrons. The number of rotatable bonds is 3. The van der Waals surface area contributed by atoms with E-state index in [1.165, 1.54) is 0 Å². The molecule has 0 saturated heterocycles. The molecule has 0 bridgehead atoms. The van der Waals surface area contributed by atoms with E-state index < -0.39 is 0 Å². The van der Waals surface area contributed by atoms with E-state index >= 15 is 0 Å². The zero-order valence-corrected chi connectivity index (χ0v) is 5.12. The Balaban J connectivity index is 3.00. The summed E-state index contributed by atoms with van der Waals surface area (Å²) in [5, 5.41) is 3.10. The second-order valence-electron chi connectivity index (χ2n) is 1.49. The number of nitrogens with one attached hydrogen (secondary N) is 1. The summed E-state index contributed by atoms with van der Waals surface area (Å²) in [6, 6.07) is 0. The van der Waals surface area contributed by atoms with Gasteiger partial charge in [0, 0.05) is 0 Å². The van der Waals surface area contributed by atoms with Crippen molar-refractivity contribution in [1.82, 2.24) is 5.32 Å². The number of hydrogen-bond acceptors (Lipinski definition) is 1. The van der Waals surface area contributed by atoms with Crippen LogP contribution in [0.4, 0.5) is 0 Å². The molecule has 0 unspecified atom stereocenters. The van der Waals surface area contributed by atoms with Crippen LogP contribution in [0.15, 0.2) is 0 Å². The topological polar surface area (TPSA) is 12.0 Å². The van der Waals surface area contributed by atoms with Gasteiger partial charge in [-0.3, -0.25) is 0 Å². The van der Waals surface area contributed by atoms with Crippen molar-refractivity contribution in [3.8, 4) is 0 Å². The van der Waals surface area contributed by atoms with E-state index in [-0.39, 0.29) is 0 Å². The van der Waals surface area contributed by atoms with Gasteiger partial charge in [-0.1, -0.05) is 0 Å². The average molecular weight is 97.0 g/mol. The standard InChI is InChI=1S/C5H12BN/c1-3-5(6)7-4-2/h6-7H,3-4H2,1-2H3. The molecule has 0 aromatic rings. The molecular formula is C5H12BN. The predicted molar refractivity (Wildman–Crippen MR) is 36.1 cm³/mol. The van der Waals surface area contributed by atoms with Gasteiger partial charge in [0.15, 0.2) is 0 Å². The maximum absolute atomic E-state index is 3.75. The van der Waals surface area contributed by atoms with Crippen molar-refractivity contribution in [2.45, 2.75) is 20.3 Å². The molecule has 0 aromatic heterocycles. The first kappa shape index (κ1) is 6.73. The molecule has 0 saturated carbocycles. The third-order valence-corrected chi connectivity index (χ3v) is 0.854. The van der Waals surface area contributed by atoms with Crippen LogP contribution in [0.5, 0.6) is 0 Å². The third kappa shape index (κ3) is 3.57. The molecule has 0 atom stereocenters. The summed E-state index contributed by atoms with van der Waals surface area (Å²) in [5.41, 5.74) is 1.13. The van der Waals surface area contributed by atoms with Crippen molar-refractivity contribution in [3.63, 3.8) is 0 Å². The first-order valence-electron chi connectivity index (χ1n) is 2.72. The SMILES string of the molecule is B=C(CC)NCC. The van der Waals surface area contributed by atoms with Crippen molar-refractivity contribution in [2.24, 2.45) is 0 Å². The van der Waals surface area contributed by atoms with Gasteiger partial charge < -0.3 is 0 Å². The summed E-state index contributed by atoms with van der Waals surface area (Å²) in [5.74, 6) is 0. The Morgan fingerprint density at radius 3 is 2.29 bits per heavy atom. The summed E-state index contributed by atoms with van der Waals surface area (Å²) in [6.07, 6.45) is 1.04. The van der Waals surface area contributed by atoms with E-state index in [2.05, 4.69) is 26.7 Å². The van der Waals surface area contributed by atoms with Gasteiger partial charge in [0.05, 0.1) is 0 Å². The Morgan fingerprint density at radius 2 is 2.14 bits per heavy atom. The van der Waals surface area contributed by atoms with Crippen LogP contribution in [-0.2, 0) is 0 Å². The van der Waals surface area contributed by atoms with Crippen molar-refractivity contribution in [1.29, 1.82) is 0 Å². The third-order valence-electron chi connectivity index (χ3n) is 0.854. The molecule has 0 heterocycles. The fourth-order valence-corrected chi connectivity index (χ4v) is 0.375. The van der Waals surface area contributed by atoms with E-state index in [0.717, 1.165) is 18.6 Å². The van der Waals surface area contributed by atoms with Crippen LogP contribution in [0, 0.1) is 0 Å². The van der Waals surface area contributed by atoms with Crippen molar-refractivity contribution in [3.05, 3.63) is 0 Å². The maximum atomic E-state index is 3.75. The fraction of sp³-hybridized carbons (Fsp3) is 0.800. The van der Waals surface area contributed by atoms with Crippen LogP contribution >= 0.6 is 0 Å². The van der Waals surface area contributed by atoms with Crippen LogP contribution < -0.4 is 5.32 Å². The van der Waals surface area contributed by atoms with Gasteiger partial charge >= 0.3 is 45.2 Å². The Kier molecular flexibility index (Phi) is 3.76. The Hall–Kier alpha value is -0.265. The van der Waals surface area contributed by atoms with Crippen molar-refractivity contribution in [2.75, 3.05) is 6.54 Å². The summed E-state index contributed by atoms with van der Waals surface area (Å²) >= 11 is 0.